The second kappa shape index (κ2) is 13.1. The van der Waals surface area contributed by atoms with Gasteiger partial charge in [-0.2, -0.15) is 0 Å². The Morgan fingerprint density at radius 1 is 0.935 bits per heavy atom. The number of methoxy groups -OCH3 is 3. The van der Waals surface area contributed by atoms with Gasteiger partial charge >= 0.3 is 5.97 Å². The summed E-state index contributed by atoms with van der Waals surface area (Å²) in [7, 11) is 4.30. The Bertz CT molecular complexity index is 2050. The molecule has 0 radical (unpaired) electrons. The zero-order chi connectivity index (χ0) is 33.1. The fraction of sp³-hybridized carbons (Fsp3) is 0.182. The number of aromatic nitrogens is 1. The van der Waals surface area contributed by atoms with Crippen LogP contribution < -0.4 is 40.0 Å². The quantitative estimate of drug-likeness (QED) is 0.198. The maximum atomic E-state index is 14.3. The molecule has 3 aromatic carbocycles. The number of amides is 1. The van der Waals surface area contributed by atoms with E-state index in [4.69, 9.17) is 24.7 Å². The zero-order valence-electron chi connectivity index (χ0n) is 25.3. The summed E-state index contributed by atoms with van der Waals surface area (Å²) in [6.45, 7) is 1.62. The minimum absolute atomic E-state index is 0.00170. The lowest BCUT2D eigenvalue weighted by molar-refractivity contribution is -0.138. The maximum Gasteiger partial charge on any atom is 0.338 e. The molecule has 1 amide bonds. The van der Waals surface area contributed by atoms with Crippen LogP contribution in [0.2, 0.25) is 0 Å². The summed E-state index contributed by atoms with van der Waals surface area (Å²) in [5.41, 5.74) is 7.26. The number of anilines is 1. The second-order valence-corrected chi connectivity index (χ2v) is 11.0. The van der Waals surface area contributed by atoms with Gasteiger partial charge in [0.25, 0.3) is 11.5 Å². The van der Waals surface area contributed by atoms with Crippen molar-refractivity contribution in [3.8, 4) is 28.7 Å². The maximum absolute atomic E-state index is 14.3. The largest absolute Gasteiger partial charge is 0.504 e. The van der Waals surface area contributed by atoms with Gasteiger partial charge in [0.2, 0.25) is 0 Å². The lowest BCUT2D eigenvalue weighted by atomic mass is 9.82. The number of hydrogen-bond acceptors (Lipinski definition) is 11. The molecule has 12 nitrogen and oxygen atoms in total. The number of phenols is 2. The average Bonchev–Trinajstić information content (AvgIpc) is 3.37. The van der Waals surface area contributed by atoms with Gasteiger partial charge in [0, 0.05) is 5.69 Å². The standard InChI is InChI=1S/C33H31N3O9S/c1-5-45-33(41)27-26(18-7-13-22(38)24(16-18)44-4)28(30(39)35-19-8-10-20(42-2)11-9-19)32-36(29(27)34)31(40)25(46-32)15-17-6-12-21(37)23(14-17)43-3/h6-16,26,37-38H,5,34H2,1-4H3,(H,35,39)/b25-15-. The van der Waals surface area contributed by atoms with Gasteiger partial charge in [0.15, 0.2) is 23.0 Å². The van der Waals surface area contributed by atoms with Crippen LogP contribution in [0.4, 0.5) is 5.69 Å². The minimum atomic E-state index is -1.13. The van der Waals surface area contributed by atoms with Crippen LogP contribution in [0.5, 0.6) is 28.7 Å². The Balaban J connectivity index is 1.83. The summed E-state index contributed by atoms with van der Waals surface area (Å²) in [6.07, 6.45) is 1.56. The van der Waals surface area contributed by atoms with E-state index in [0.29, 0.717) is 22.6 Å². The van der Waals surface area contributed by atoms with E-state index in [1.165, 1.54) is 45.6 Å². The third-order valence-electron chi connectivity index (χ3n) is 7.27. The first-order chi connectivity index (χ1) is 22.1. The van der Waals surface area contributed by atoms with E-state index >= 15 is 0 Å². The van der Waals surface area contributed by atoms with Gasteiger partial charge in [-0.15, -0.1) is 11.3 Å². The van der Waals surface area contributed by atoms with Gasteiger partial charge in [0.1, 0.15) is 16.2 Å². The van der Waals surface area contributed by atoms with E-state index in [9.17, 15) is 24.6 Å². The summed E-state index contributed by atoms with van der Waals surface area (Å²) in [5, 5.41) is 23.2. The van der Waals surface area contributed by atoms with Crippen LogP contribution in [-0.4, -0.2) is 54.6 Å². The Morgan fingerprint density at radius 2 is 1.59 bits per heavy atom. The van der Waals surface area contributed by atoms with Crippen molar-refractivity contribution >= 4 is 46.4 Å². The molecule has 238 valence electrons. The van der Waals surface area contributed by atoms with E-state index in [-0.39, 0.29) is 55.8 Å². The molecule has 1 aromatic heterocycles. The number of nitrogens with one attached hydrogen (secondary N) is 1. The molecule has 1 atom stereocenters. The van der Waals surface area contributed by atoms with Gasteiger partial charge in [-0.25, -0.2) is 4.79 Å². The summed E-state index contributed by atoms with van der Waals surface area (Å²) in [5.74, 6) is -2.15. The Morgan fingerprint density at radius 3 is 2.22 bits per heavy atom. The molecule has 0 bridgehead atoms. The number of aromatic hydroxyl groups is 2. The predicted molar refractivity (Wildman–Crippen MR) is 173 cm³/mol. The monoisotopic (exact) mass is 645 g/mol. The number of ether oxygens (including phenoxy) is 4. The molecule has 0 saturated heterocycles. The van der Waals surface area contributed by atoms with Crippen LogP contribution in [0.1, 0.15) is 24.0 Å². The first-order valence-electron chi connectivity index (χ1n) is 14.0. The topological polar surface area (TPSA) is 172 Å². The number of nitrogens with zero attached hydrogens (tertiary/aromatic N) is 1. The van der Waals surface area contributed by atoms with Crippen molar-refractivity contribution in [2.24, 2.45) is 5.73 Å². The molecular formula is C33H31N3O9S. The van der Waals surface area contributed by atoms with Crippen molar-refractivity contribution in [3.63, 3.8) is 0 Å². The molecule has 4 aromatic rings. The number of benzene rings is 3. The lowest BCUT2D eigenvalue weighted by Gasteiger charge is -2.28. The van der Waals surface area contributed by atoms with Gasteiger partial charge < -0.3 is 40.2 Å². The molecule has 1 aliphatic heterocycles. The highest BCUT2D eigenvalue weighted by molar-refractivity contribution is 7.07. The van der Waals surface area contributed by atoms with Crippen LogP contribution in [0, 0.1) is 0 Å². The van der Waals surface area contributed by atoms with E-state index < -0.39 is 23.4 Å². The highest BCUT2D eigenvalue weighted by atomic mass is 32.1. The van der Waals surface area contributed by atoms with Crippen LogP contribution in [0.15, 0.2) is 71.0 Å². The fourth-order valence-electron chi connectivity index (χ4n) is 5.09. The molecule has 0 aliphatic carbocycles. The molecule has 0 spiro atoms. The van der Waals surface area contributed by atoms with Crippen LogP contribution in [0.25, 0.3) is 17.5 Å². The predicted octanol–water partition coefficient (Wildman–Crippen LogP) is 2.45. The van der Waals surface area contributed by atoms with Gasteiger partial charge in [0.05, 0.1) is 49.5 Å². The van der Waals surface area contributed by atoms with E-state index in [1.807, 2.05) is 0 Å². The first kappa shape index (κ1) is 31.7. The Hall–Kier alpha value is -5.69. The average molecular weight is 646 g/mol. The first-order valence-corrected chi connectivity index (χ1v) is 14.8. The molecule has 46 heavy (non-hydrogen) atoms. The molecule has 13 heteroatoms. The van der Waals surface area contributed by atoms with Gasteiger partial charge in [-0.3, -0.25) is 14.2 Å². The zero-order valence-corrected chi connectivity index (χ0v) is 26.1. The van der Waals surface area contributed by atoms with E-state index in [1.54, 1.807) is 49.4 Å². The summed E-state index contributed by atoms with van der Waals surface area (Å²) < 4.78 is 22.6. The number of carbonyl (C=O) groups is 2. The lowest BCUT2D eigenvalue weighted by Crippen LogP contribution is -2.42. The number of carbonyl (C=O) groups excluding carboxylic acids is 2. The molecule has 5 rings (SSSR count). The number of thiazole rings is 1. The van der Waals surface area contributed by atoms with Crippen molar-refractivity contribution < 1.29 is 38.7 Å². The molecule has 1 unspecified atom stereocenters. The molecule has 0 saturated carbocycles. The molecule has 5 N–H and O–H groups in total. The number of esters is 1. The van der Waals surface area contributed by atoms with Crippen LogP contribution in [-0.2, 0) is 14.3 Å². The summed E-state index contributed by atoms with van der Waals surface area (Å²) in [6, 6.07) is 15.6. The minimum Gasteiger partial charge on any atom is -0.504 e. The summed E-state index contributed by atoms with van der Waals surface area (Å²) >= 11 is 0.997. The normalized spacial score (nSPS) is 14.5. The third-order valence-corrected chi connectivity index (χ3v) is 8.38. The molecular weight excluding hydrogens is 614 g/mol. The van der Waals surface area contributed by atoms with Gasteiger partial charge in [-0.05, 0) is 72.7 Å². The van der Waals surface area contributed by atoms with Crippen molar-refractivity contribution in [2.45, 2.75) is 12.8 Å². The Kier molecular flexibility index (Phi) is 9.05. The highest BCUT2D eigenvalue weighted by Gasteiger charge is 2.39. The molecule has 0 fully saturated rings. The number of nitrogens with two attached hydrogens (primary N) is 1. The van der Waals surface area contributed by atoms with Gasteiger partial charge in [-0.1, -0.05) is 12.1 Å². The van der Waals surface area contributed by atoms with Crippen molar-refractivity contribution in [1.29, 1.82) is 0 Å². The Labute approximate surface area is 266 Å². The van der Waals surface area contributed by atoms with Crippen LogP contribution >= 0.6 is 11.3 Å². The van der Waals surface area contributed by atoms with E-state index in [0.717, 1.165) is 15.9 Å². The van der Waals surface area contributed by atoms with E-state index in [2.05, 4.69) is 5.32 Å². The third kappa shape index (κ3) is 5.87. The number of rotatable bonds is 9. The van der Waals surface area contributed by atoms with Crippen LogP contribution in [0.3, 0.4) is 0 Å². The van der Waals surface area contributed by atoms with Crippen molar-refractivity contribution in [3.05, 3.63) is 96.9 Å². The second-order valence-electron chi connectivity index (χ2n) is 9.97. The molecule has 2 heterocycles. The number of phenolic OH excluding ortho intramolecular Hbond substituents is 2. The number of hydrogen-bond donors (Lipinski definition) is 4. The SMILES string of the molecule is CCOC(=O)C1=C(N)n2c(s/c(=C\c3ccc(O)c(OC)c3)c2=O)=C(C(=O)Nc2ccc(OC)cc2)C1c1ccc(O)c(OC)c1. The highest BCUT2D eigenvalue weighted by Crippen LogP contribution is 2.40. The molecule has 1 aliphatic rings. The summed E-state index contributed by atoms with van der Waals surface area (Å²) in [4.78, 5) is 41.8. The smallest absolute Gasteiger partial charge is 0.338 e. The van der Waals surface area contributed by atoms with Crippen molar-refractivity contribution in [2.75, 3.05) is 33.3 Å². The number of fused-ring (bicyclic) bond motifs is 1. The fourth-order valence-corrected chi connectivity index (χ4v) is 6.27. The van der Waals surface area contributed by atoms with Crippen molar-refractivity contribution in [1.82, 2.24) is 4.57 Å².